The second kappa shape index (κ2) is 7.56. The van der Waals surface area contributed by atoms with Crippen LogP contribution in [-0.2, 0) is 4.74 Å². The number of methoxy groups -OCH3 is 1. The molecule has 0 radical (unpaired) electrons. The summed E-state index contributed by atoms with van der Waals surface area (Å²) in [5, 5.41) is 0.957. The molecule has 0 saturated heterocycles. The number of ether oxygens (including phenoxy) is 1. The van der Waals surface area contributed by atoms with Gasteiger partial charge in [0.15, 0.2) is 0 Å². The van der Waals surface area contributed by atoms with Crippen molar-refractivity contribution in [3.8, 4) is 0 Å². The molecule has 1 atom stereocenters. The lowest BCUT2D eigenvalue weighted by Gasteiger charge is -2.07. The predicted octanol–water partition coefficient (Wildman–Crippen LogP) is 3.31. The molecule has 0 aliphatic carbocycles. The van der Waals surface area contributed by atoms with Gasteiger partial charge in [-0.05, 0) is 19.8 Å². The average Bonchev–Trinajstić information content (AvgIpc) is 2.12. The SMILES string of the molecule is C=C[C@@H](CC/C=C(/C)CBr)OC. The predicted molar refractivity (Wildman–Crippen MR) is 57.8 cm³/mol. The molecule has 0 aromatic rings. The summed E-state index contributed by atoms with van der Waals surface area (Å²) in [6.45, 7) is 5.81. The van der Waals surface area contributed by atoms with Crippen LogP contribution in [0.1, 0.15) is 19.8 Å². The minimum absolute atomic E-state index is 0.198. The molecule has 70 valence electrons. The molecule has 0 rings (SSSR count). The van der Waals surface area contributed by atoms with E-state index < -0.39 is 0 Å². The third-order valence-electron chi connectivity index (χ3n) is 1.72. The van der Waals surface area contributed by atoms with Crippen molar-refractivity contribution >= 4 is 15.9 Å². The highest BCUT2D eigenvalue weighted by Gasteiger charge is 1.98. The average molecular weight is 233 g/mol. The van der Waals surface area contributed by atoms with Gasteiger partial charge in [0.2, 0.25) is 0 Å². The third-order valence-corrected chi connectivity index (χ3v) is 2.60. The van der Waals surface area contributed by atoms with Crippen molar-refractivity contribution in [2.75, 3.05) is 12.4 Å². The summed E-state index contributed by atoms with van der Waals surface area (Å²) in [6.07, 6.45) is 6.35. The summed E-state index contributed by atoms with van der Waals surface area (Å²) in [4.78, 5) is 0. The van der Waals surface area contributed by atoms with Crippen LogP contribution >= 0.6 is 15.9 Å². The van der Waals surface area contributed by atoms with Gasteiger partial charge in [-0.3, -0.25) is 0 Å². The van der Waals surface area contributed by atoms with Crippen molar-refractivity contribution in [2.24, 2.45) is 0 Å². The van der Waals surface area contributed by atoms with Gasteiger partial charge in [-0.2, -0.15) is 0 Å². The molecule has 0 bridgehead atoms. The van der Waals surface area contributed by atoms with Crippen LogP contribution in [0.25, 0.3) is 0 Å². The van der Waals surface area contributed by atoms with Crippen molar-refractivity contribution in [3.63, 3.8) is 0 Å². The Morgan fingerprint density at radius 2 is 2.33 bits per heavy atom. The number of alkyl halides is 1. The smallest absolute Gasteiger partial charge is 0.0752 e. The lowest BCUT2D eigenvalue weighted by Crippen LogP contribution is -2.04. The van der Waals surface area contributed by atoms with E-state index in [1.165, 1.54) is 5.57 Å². The van der Waals surface area contributed by atoms with Gasteiger partial charge in [-0.25, -0.2) is 0 Å². The minimum Gasteiger partial charge on any atom is -0.377 e. The summed E-state index contributed by atoms with van der Waals surface area (Å²) < 4.78 is 5.16. The van der Waals surface area contributed by atoms with Crippen molar-refractivity contribution in [1.29, 1.82) is 0 Å². The first-order valence-electron chi connectivity index (χ1n) is 4.11. The minimum atomic E-state index is 0.198. The van der Waals surface area contributed by atoms with Crippen LogP contribution < -0.4 is 0 Å². The summed E-state index contributed by atoms with van der Waals surface area (Å²) in [5.41, 5.74) is 1.37. The summed E-state index contributed by atoms with van der Waals surface area (Å²) >= 11 is 3.40. The van der Waals surface area contributed by atoms with Gasteiger partial charge in [0.1, 0.15) is 0 Å². The normalized spacial score (nSPS) is 14.4. The molecule has 0 aliphatic rings. The maximum absolute atomic E-state index is 5.16. The summed E-state index contributed by atoms with van der Waals surface area (Å²) in [7, 11) is 1.72. The number of halogens is 1. The van der Waals surface area contributed by atoms with Crippen LogP contribution in [0.2, 0.25) is 0 Å². The third kappa shape index (κ3) is 5.56. The van der Waals surface area contributed by atoms with Gasteiger partial charge in [0.05, 0.1) is 6.10 Å². The molecule has 0 spiro atoms. The quantitative estimate of drug-likeness (QED) is 0.505. The van der Waals surface area contributed by atoms with E-state index in [2.05, 4.69) is 35.5 Å². The van der Waals surface area contributed by atoms with Gasteiger partial charge >= 0.3 is 0 Å². The molecule has 0 unspecified atom stereocenters. The molecule has 0 heterocycles. The summed E-state index contributed by atoms with van der Waals surface area (Å²) in [5.74, 6) is 0. The molecule has 1 nitrogen and oxygen atoms in total. The van der Waals surface area contributed by atoms with Gasteiger partial charge in [0.25, 0.3) is 0 Å². The molecule has 0 fully saturated rings. The summed E-state index contributed by atoms with van der Waals surface area (Å²) in [6, 6.07) is 0. The largest absolute Gasteiger partial charge is 0.377 e. The standard InChI is InChI=1S/C10H17BrO/c1-4-10(12-3)7-5-6-9(2)8-11/h4,6,10H,1,5,7-8H2,2-3H3/b9-6-/t10-/m0/s1. The molecule has 12 heavy (non-hydrogen) atoms. The van der Waals surface area contributed by atoms with Crippen LogP contribution in [0, 0.1) is 0 Å². The van der Waals surface area contributed by atoms with Gasteiger partial charge in [0, 0.05) is 12.4 Å². The van der Waals surface area contributed by atoms with Gasteiger partial charge in [-0.15, -0.1) is 6.58 Å². The topological polar surface area (TPSA) is 9.23 Å². The number of rotatable bonds is 6. The van der Waals surface area contributed by atoms with E-state index >= 15 is 0 Å². The molecular formula is C10H17BrO. The monoisotopic (exact) mass is 232 g/mol. The van der Waals surface area contributed by atoms with Crippen molar-refractivity contribution < 1.29 is 4.74 Å². The molecule has 0 aromatic heterocycles. The van der Waals surface area contributed by atoms with Crippen LogP contribution in [0.4, 0.5) is 0 Å². The Hall–Kier alpha value is -0.0800. The van der Waals surface area contributed by atoms with E-state index in [9.17, 15) is 0 Å². The number of allylic oxidation sites excluding steroid dienone is 2. The Bertz CT molecular complexity index is 152. The highest BCUT2D eigenvalue weighted by atomic mass is 79.9. The maximum atomic E-state index is 5.16. The van der Waals surface area contributed by atoms with E-state index in [1.54, 1.807) is 7.11 Å². The van der Waals surface area contributed by atoms with E-state index in [-0.39, 0.29) is 6.10 Å². The van der Waals surface area contributed by atoms with E-state index in [1.807, 2.05) is 6.08 Å². The lowest BCUT2D eigenvalue weighted by atomic mass is 10.1. The first-order valence-corrected chi connectivity index (χ1v) is 5.23. The first kappa shape index (κ1) is 11.9. The molecule has 0 aliphatic heterocycles. The van der Waals surface area contributed by atoms with Gasteiger partial charge in [-0.1, -0.05) is 33.7 Å². The fourth-order valence-electron chi connectivity index (χ4n) is 0.880. The Kier molecular flexibility index (Phi) is 7.51. The van der Waals surface area contributed by atoms with Gasteiger partial charge < -0.3 is 4.74 Å². The molecule has 2 heteroatoms. The fraction of sp³-hybridized carbons (Fsp3) is 0.600. The second-order valence-electron chi connectivity index (χ2n) is 2.77. The van der Waals surface area contributed by atoms with Crippen molar-refractivity contribution in [3.05, 3.63) is 24.3 Å². The van der Waals surface area contributed by atoms with E-state index in [4.69, 9.17) is 4.74 Å². The Balaban J connectivity index is 3.60. The van der Waals surface area contributed by atoms with Crippen LogP contribution in [-0.4, -0.2) is 18.5 Å². The van der Waals surface area contributed by atoms with Crippen LogP contribution in [0.15, 0.2) is 24.3 Å². The fourth-order valence-corrected chi connectivity index (χ4v) is 1.11. The zero-order valence-corrected chi connectivity index (χ0v) is 9.43. The van der Waals surface area contributed by atoms with E-state index in [0.717, 1.165) is 18.2 Å². The Morgan fingerprint density at radius 3 is 2.75 bits per heavy atom. The Morgan fingerprint density at radius 1 is 1.67 bits per heavy atom. The maximum Gasteiger partial charge on any atom is 0.0752 e. The Labute approximate surface area is 83.6 Å². The van der Waals surface area contributed by atoms with E-state index in [0.29, 0.717) is 0 Å². The molecule has 0 amide bonds. The highest BCUT2D eigenvalue weighted by Crippen LogP contribution is 2.06. The second-order valence-corrected chi connectivity index (χ2v) is 3.33. The zero-order chi connectivity index (χ0) is 9.40. The zero-order valence-electron chi connectivity index (χ0n) is 7.85. The van der Waals surface area contributed by atoms with Crippen molar-refractivity contribution in [1.82, 2.24) is 0 Å². The highest BCUT2D eigenvalue weighted by molar-refractivity contribution is 9.09. The van der Waals surface area contributed by atoms with Crippen LogP contribution in [0.3, 0.4) is 0 Å². The molecule has 0 N–H and O–H groups in total. The molecular weight excluding hydrogens is 216 g/mol. The first-order chi connectivity index (χ1) is 5.74. The molecule has 0 saturated carbocycles. The molecule has 0 aromatic carbocycles. The lowest BCUT2D eigenvalue weighted by molar-refractivity contribution is 0.135. The van der Waals surface area contributed by atoms with Crippen LogP contribution in [0.5, 0.6) is 0 Å². The van der Waals surface area contributed by atoms with Crippen molar-refractivity contribution in [2.45, 2.75) is 25.9 Å². The number of hydrogen-bond donors (Lipinski definition) is 0. The number of hydrogen-bond acceptors (Lipinski definition) is 1.